The smallest absolute Gasteiger partial charge is 0.507 e. The maximum atomic E-state index is 12.8. The van der Waals surface area contributed by atoms with Gasteiger partial charge in [-0.05, 0) is 71.3 Å². The molecule has 0 atom stereocenters. The summed E-state index contributed by atoms with van der Waals surface area (Å²) in [6.07, 6.45) is 1.65. The third-order valence-electron chi connectivity index (χ3n) is 7.06. The number of benzene rings is 3. The lowest BCUT2D eigenvalue weighted by Gasteiger charge is -2.16. The molecule has 0 saturated carbocycles. The summed E-state index contributed by atoms with van der Waals surface area (Å²) >= 11 is 0. The number of phenols is 1. The van der Waals surface area contributed by atoms with Crippen LogP contribution < -0.4 is 4.74 Å². The second kappa shape index (κ2) is 14.6. The largest absolute Gasteiger partial charge is 0.573 e. The van der Waals surface area contributed by atoms with Crippen LogP contribution in [0.15, 0.2) is 60.7 Å². The molecule has 218 valence electrons. The zero-order valence-electron chi connectivity index (χ0n) is 23.8. The molecule has 8 heteroatoms. The van der Waals surface area contributed by atoms with Gasteiger partial charge in [0.25, 0.3) is 5.91 Å². The number of phenolic OH excluding ortho intramolecular Hbond substituents is 1. The maximum Gasteiger partial charge on any atom is 0.573 e. The number of nitrogens with zero attached hydrogens (tertiary/aromatic N) is 2. The van der Waals surface area contributed by atoms with Gasteiger partial charge in [0, 0.05) is 13.1 Å². The molecule has 0 spiro atoms. The molecule has 0 saturated heterocycles. The van der Waals surface area contributed by atoms with E-state index >= 15 is 0 Å². The van der Waals surface area contributed by atoms with Gasteiger partial charge in [0.2, 0.25) is 0 Å². The molecule has 1 amide bonds. The van der Waals surface area contributed by atoms with E-state index in [1.807, 2.05) is 30.3 Å². The van der Waals surface area contributed by atoms with Crippen LogP contribution >= 0.6 is 0 Å². The van der Waals surface area contributed by atoms with Crippen molar-refractivity contribution in [3.05, 3.63) is 94.0 Å². The van der Waals surface area contributed by atoms with Crippen LogP contribution in [0.3, 0.4) is 0 Å². The number of rotatable bonds is 10. The lowest BCUT2D eigenvalue weighted by Crippen LogP contribution is -2.23. The molecule has 1 heterocycles. The van der Waals surface area contributed by atoms with Crippen molar-refractivity contribution >= 4 is 5.91 Å². The number of fused-ring (bicyclic) bond motifs is 1. The molecule has 1 aliphatic heterocycles. The van der Waals surface area contributed by atoms with Gasteiger partial charge >= 0.3 is 6.36 Å². The topological polar surface area (TPSA) is 73.6 Å². The Kier molecular flexibility index (Phi) is 11.2. The number of nitriles is 1. The fourth-order valence-corrected chi connectivity index (χ4v) is 5.13. The minimum Gasteiger partial charge on any atom is -0.507 e. The van der Waals surface area contributed by atoms with Gasteiger partial charge in [0.15, 0.2) is 0 Å². The number of ether oxygens (including phenoxy) is 1. The van der Waals surface area contributed by atoms with Gasteiger partial charge in [-0.1, -0.05) is 76.8 Å². The Morgan fingerprint density at radius 3 is 2.10 bits per heavy atom. The molecule has 3 aromatic rings. The molecule has 3 aromatic carbocycles. The van der Waals surface area contributed by atoms with Crippen LogP contribution in [0.5, 0.6) is 11.5 Å². The van der Waals surface area contributed by atoms with E-state index < -0.39 is 6.36 Å². The fraction of sp³-hybridized carbons (Fsp3) is 0.394. The molecule has 0 bridgehead atoms. The molecular formula is C33H37F3N2O3. The van der Waals surface area contributed by atoms with Gasteiger partial charge in [0.1, 0.15) is 11.5 Å². The van der Waals surface area contributed by atoms with Crippen LogP contribution in [0.4, 0.5) is 13.2 Å². The summed E-state index contributed by atoms with van der Waals surface area (Å²) in [5.41, 5.74) is 4.84. The number of carbonyl (C=O) groups excluding carboxylic acids is 1. The van der Waals surface area contributed by atoms with Crippen molar-refractivity contribution in [1.29, 1.82) is 5.26 Å². The van der Waals surface area contributed by atoms with Crippen molar-refractivity contribution in [1.82, 2.24) is 4.90 Å². The van der Waals surface area contributed by atoms with Gasteiger partial charge in [-0.25, -0.2) is 0 Å². The number of amides is 1. The van der Waals surface area contributed by atoms with Crippen molar-refractivity contribution in [2.75, 3.05) is 0 Å². The number of halogens is 3. The SMILES string of the molecule is CCCC(CCC)Cc1cc(O)c2c(c1)CN(Cc1ccc(OC(F)(F)F)cc1)C2=O.CCc1ccc(C#N)cc1. The molecule has 0 fully saturated rings. The van der Waals surface area contributed by atoms with Crippen molar-refractivity contribution in [3.8, 4) is 17.6 Å². The third-order valence-corrected chi connectivity index (χ3v) is 7.06. The molecule has 1 aliphatic rings. The quantitative estimate of drug-likeness (QED) is 0.268. The Morgan fingerprint density at radius 1 is 0.951 bits per heavy atom. The Morgan fingerprint density at radius 2 is 1.56 bits per heavy atom. The van der Waals surface area contributed by atoms with Crippen LogP contribution in [0.2, 0.25) is 0 Å². The highest BCUT2D eigenvalue weighted by atomic mass is 19.4. The molecule has 41 heavy (non-hydrogen) atoms. The van der Waals surface area contributed by atoms with Crippen LogP contribution in [-0.4, -0.2) is 22.3 Å². The van der Waals surface area contributed by atoms with E-state index in [9.17, 15) is 23.1 Å². The Hall–Kier alpha value is -3.99. The number of alkyl halides is 3. The molecule has 0 aliphatic carbocycles. The maximum absolute atomic E-state index is 12.8. The summed E-state index contributed by atoms with van der Waals surface area (Å²) in [7, 11) is 0. The van der Waals surface area contributed by atoms with Gasteiger partial charge in [-0.2, -0.15) is 5.26 Å². The summed E-state index contributed by atoms with van der Waals surface area (Å²) in [4.78, 5) is 14.4. The first-order valence-electron chi connectivity index (χ1n) is 14.0. The Bertz CT molecular complexity index is 1320. The van der Waals surface area contributed by atoms with Crippen LogP contribution in [0.1, 0.15) is 84.6 Å². The first-order chi connectivity index (χ1) is 19.6. The van der Waals surface area contributed by atoms with Crippen molar-refractivity contribution in [3.63, 3.8) is 0 Å². The molecule has 0 aromatic heterocycles. The zero-order chi connectivity index (χ0) is 30.0. The van der Waals surface area contributed by atoms with E-state index in [4.69, 9.17) is 5.26 Å². The highest BCUT2D eigenvalue weighted by molar-refractivity contribution is 6.01. The Balaban J connectivity index is 0.000000389. The summed E-state index contributed by atoms with van der Waals surface area (Å²) in [5, 5.41) is 19.0. The van der Waals surface area contributed by atoms with Crippen molar-refractivity contribution in [2.45, 2.75) is 78.7 Å². The van der Waals surface area contributed by atoms with E-state index in [1.54, 1.807) is 11.0 Å². The lowest BCUT2D eigenvalue weighted by molar-refractivity contribution is -0.274. The van der Waals surface area contributed by atoms with Gasteiger partial charge in [-0.3, -0.25) is 4.79 Å². The fourth-order valence-electron chi connectivity index (χ4n) is 5.13. The predicted molar refractivity (Wildman–Crippen MR) is 152 cm³/mol. The predicted octanol–water partition coefficient (Wildman–Crippen LogP) is 8.33. The van der Waals surface area contributed by atoms with Crippen LogP contribution in [0.25, 0.3) is 0 Å². The first kappa shape index (κ1) is 31.5. The highest BCUT2D eigenvalue weighted by Gasteiger charge is 2.32. The number of aryl methyl sites for hydroxylation is 1. The van der Waals surface area contributed by atoms with Crippen LogP contribution in [0, 0.1) is 17.2 Å². The molecule has 5 nitrogen and oxygen atoms in total. The average Bonchev–Trinajstić information content (AvgIpc) is 3.24. The minimum atomic E-state index is -4.74. The average molecular weight is 567 g/mol. The molecule has 0 unspecified atom stereocenters. The normalized spacial score (nSPS) is 12.5. The zero-order valence-corrected chi connectivity index (χ0v) is 23.8. The summed E-state index contributed by atoms with van der Waals surface area (Å²) < 4.78 is 40.8. The van der Waals surface area contributed by atoms with Gasteiger partial charge in [0.05, 0.1) is 17.2 Å². The second-order valence-electron chi connectivity index (χ2n) is 10.3. The number of carbonyl (C=O) groups is 1. The summed E-state index contributed by atoms with van der Waals surface area (Å²) in [6, 6.07) is 18.9. The second-order valence-corrected chi connectivity index (χ2v) is 10.3. The minimum absolute atomic E-state index is 0.000622. The van der Waals surface area contributed by atoms with Gasteiger partial charge < -0.3 is 14.7 Å². The lowest BCUT2D eigenvalue weighted by atomic mass is 9.90. The third kappa shape index (κ3) is 9.28. The van der Waals surface area contributed by atoms with E-state index in [2.05, 4.69) is 31.6 Å². The first-order valence-corrected chi connectivity index (χ1v) is 14.0. The highest BCUT2D eigenvalue weighted by Crippen LogP contribution is 2.34. The molecular weight excluding hydrogens is 529 g/mol. The molecule has 4 rings (SSSR count). The van der Waals surface area contributed by atoms with E-state index in [-0.39, 0.29) is 24.0 Å². The van der Waals surface area contributed by atoms with E-state index in [0.29, 0.717) is 23.6 Å². The number of aromatic hydroxyl groups is 1. The standard InChI is InChI=1S/C24H28F3NO3.C9H9N/c1-3-5-16(6-4-2)11-18-12-19-15-28(23(30)22(19)21(29)13-18)14-17-7-9-20(10-8-17)31-24(25,26)27;1-2-8-3-5-9(7-10)6-4-8/h7-10,12-13,16,29H,3-6,11,14-15H2,1-2H3;3-6H,2H2,1H3. The van der Waals surface area contributed by atoms with E-state index in [0.717, 1.165) is 55.2 Å². The van der Waals surface area contributed by atoms with Crippen LogP contribution in [-0.2, 0) is 25.9 Å². The number of hydrogen-bond donors (Lipinski definition) is 1. The molecule has 1 N–H and O–H groups in total. The number of hydrogen-bond acceptors (Lipinski definition) is 4. The van der Waals surface area contributed by atoms with Gasteiger partial charge in [-0.15, -0.1) is 13.2 Å². The Labute approximate surface area is 240 Å². The van der Waals surface area contributed by atoms with Crippen molar-refractivity contribution in [2.24, 2.45) is 5.92 Å². The van der Waals surface area contributed by atoms with E-state index in [1.165, 1.54) is 29.8 Å². The monoisotopic (exact) mass is 566 g/mol. The summed E-state index contributed by atoms with van der Waals surface area (Å²) in [6.45, 7) is 7.04. The molecule has 0 radical (unpaired) electrons. The van der Waals surface area contributed by atoms with Crippen molar-refractivity contribution < 1.29 is 27.8 Å². The summed E-state index contributed by atoms with van der Waals surface area (Å²) in [5.74, 6) is -0.0182.